The van der Waals surface area contributed by atoms with Gasteiger partial charge in [-0.1, -0.05) is 26.0 Å². The number of nitrogen functional groups attached to an aromatic ring is 1. The lowest BCUT2D eigenvalue weighted by Gasteiger charge is -2.33. The fourth-order valence-corrected chi connectivity index (χ4v) is 1.59. The molecule has 1 aliphatic heterocycles. The summed E-state index contributed by atoms with van der Waals surface area (Å²) in [6.07, 6.45) is 0. The zero-order chi connectivity index (χ0) is 10.9. The van der Waals surface area contributed by atoms with Crippen molar-refractivity contribution in [2.45, 2.75) is 13.8 Å². The molecule has 0 amide bonds. The van der Waals surface area contributed by atoms with Crippen LogP contribution in [-0.4, -0.2) is 20.3 Å². The minimum atomic E-state index is -0.262. The molecule has 16 heavy (non-hydrogen) atoms. The van der Waals surface area contributed by atoms with E-state index in [9.17, 15) is 0 Å². The second-order valence-corrected chi connectivity index (χ2v) is 4.79. The molecule has 3 nitrogen and oxygen atoms in total. The van der Waals surface area contributed by atoms with E-state index in [1.807, 2.05) is 24.3 Å². The van der Waals surface area contributed by atoms with E-state index in [1.54, 1.807) is 0 Å². The Balaban J connectivity index is 0.00000128. The quantitative estimate of drug-likeness (QED) is 0.598. The molecule has 0 radical (unpaired) electrons. The molecule has 1 aromatic carbocycles. The Morgan fingerprint density at radius 3 is 2.44 bits per heavy atom. The molecule has 88 valence electrons. The Labute approximate surface area is 103 Å². The van der Waals surface area contributed by atoms with E-state index < -0.39 is 0 Å². The van der Waals surface area contributed by atoms with Crippen LogP contribution in [0.5, 0.6) is 0 Å². The maximum Gasteiger partial charge on any atom is 0.493 e. The van der Waals surface area contributed by atoms with E-state index in [0.717, 1.165) is 11.2 Å². The number of nitrogens with two attached hydrogens (primary N) is 1. The average molecular weight is 242 g/mol. The maximum absolute atomic E-state index is 5.71. The monoisotopic (exact) mass is 241 g/mol. The molecule has 2 rings (SSSR count). The van der Waals surface area contributed by atoms with E-state index in [2.05, 4.69) is 13.8 Å². The van der Waals surface area contributed by atoms with Gasteiger partial charge in [0, 0.05) is 24.3 Å². The SMILES string of the molecule is CC1(C)COB(c2cccc(N)c2)OC1.Cl. The third-order valence-corrected chi connectivity index (χ3v) is 2.43. The Hall–Kier alpha value is -0.705. The van der Waals surface area contributed by atoms with Crippen molar-refractivity contribution in [1.82, 2.24) is 0 Å². The van der Waals surface area contributed by atoms with Crippen LogP contribution in [0.3, 0.4) is 0 Å². The van der Waals surface area contributed by atoms with E-state index in [1.165, 1.54) is 0 Å². The predicted molar refractivity (Wildman–Crippen MR) is 69.2 cm³/mol. The van der Waals surface area contributed by atoms with Crippen LogP contribution in [0.25, 0.3) is 0 Å². The van der Waals surface area contributed by atoms with Crippen LogP contribution < -0.4 is 11.2 Å². The van der Waals surface area contributed by atoms with Gasteiger partial charge in [0.2, 0.25) is 0 Å². The molecule has 2 N–H and O–H groups in total. The second-order valence-electron chi connectivity index (χ2n) is 4.79. The summed E-state index contributed by atoms with van der Waals surface area (Å²) in [5, 5.41) is 0. The summed E-state index contributed by atoms with van der Waals surface area (Å²) in [6.45, 7) is 5.68. The van der Waals surface area contributed by atoms with Crippen LogP contribution in [0.4, 0.5) is 5.69 Å². The van der Waals surface area contributed by atoms with E-state index >= 15 is 0 Å². The first-order chi connectivity index (χ1) is 7.07. The molecule has 5 heteroatoms. The highest BCUT2D eigenvalue weighted by Crippen LogP contribution is 2.21. The molecule has 1 heterocycles. The van der Waals surface area contributed by atoms with Gasteiger partial charge in [-0.15, -0.1) is 12.4 Å². The summed E-state index contributed by atoms with van der Waals surface area (Å²) in [5.41, 5.74) is 7.55. The second kappa shape index (κ2) is 5.08. The largest absolute Gasteiger partial charge is 0.493 e. The molecule has 0 bridgehead atoms. The van der Waals surface area contributed by atoms with Crippen molar-refractivity contribution in [3.05, 3.63) is 24.3 Å². The first kappa shape index (κ1) is 13.4. The average Bonchev–Trinajstić information content (AvgIpc) is 2.17. The number of hydrogen-bond donors (Lipinski definition) is 1. The summed E-state index contributed by atoms with van der Waals surface area (Å²) >= 11 is 0. The molecular formula is C11H17BClNO2. The Morgan fingerprint density at radius 1 is 1.25 bits per heavy atom. The van der Waals surface area contributed by atoms with Crippen molar-refractivity contribution < 1.29 is 9.31 Å². The molecule has 0 saturated carbocycles. The first-order valence-electron chi connectivity index (χ1n) is 5.15. The van der Waals surface area contributed by atoms with Crippen molar-refractivity contribution >= 4 is 30.7 Å². The first-order valence-corrected chi connectivity index (χ1v) is 5.15. The van der Waals surface area contributed by atoms with Crippen LogP contribution in [-0.2, 0) is 9.31 Å². The van der Waals surface area contributed by atoms with E-state index in [4.69, 9.17) is 15.0 Å². The Kier molecular flexibility index (Phi) is 4.24. The molecule has 1 aromatic rings. The van der Waals surface area contributed by atoms with Crippen molar-refractivity contribution in [3.63, 3.8) is 0 Å². The minimum absolute atomic E-state index is 0. The molecule has 0 unspecified atom stereocenters. The molecular weight excluding hydrogens is 224 g/mol. The fraction of sp³-hybridized carbons (Fsp3) is 0.455. The van der Waals surface area contributed by atoms with Crippen LogP contribution in [0.1, 0.15) is 13.8 Å². The van der Waals surface area contributed by atoms with Gasteiger partial charge in [0.1, 0.15) is 0 Å². The van der Waals surface area contributed by atoms with Crippen molar-refractivity contribution in [1.29, 1.82) is 0 Å². The third-order valence-electron chi connectivity index (χ3n) is 2.43. The van der Waals surface area contributed by atoms with Gasteiger partial charge >= 0.3 is 7.12 Å². The number of benzene rings is 1. The van der Waals surface area contributed by atoms with Gasteiger partial charge in [-0.25, -0.2) is 0 Å². The lowest BCUT2D eigenvalue weighted by atomic mass is 9.76. The zero-order valence-corrected chi connectivity index (χ0v) is 10.4. The molecule has 0 aliphatic carbocycles. The third kappa shape index (κ3) is 3.14. The highest BCUT2D eigenvalue weighted by atomic mass is 35.5. The zero-order valence-electron chi connectivity index (χ0n) is 9.60. The number of rotatable bonds is 1. The smallest absolute Gasteiger partial charge is 0.407 e. The number of anilines is 1. The normalized spacial score (nSPS) is 19.0. The highest BCUT2D eigenvalue weighted by molar-refractivity contribution is 6.61. The molecule has 0 aromatic heterocycles. The van der Waals surface area contributed by atoms with E-state index in [0.29, 0.717) is 13.2 Å². The van der Waals surface area contributed by atoms with E-state index in [-0.39, 0.29) is 24.9 Å². The van der Waals surface area contributed by atoms with Crippen molar-refractivity contribution in [3.8, 4) is 0 Å². The maximum atomic E-state index is 5.71. The lowest BCUT2D eigenvalue weighted by Crippen LogP contribution is -2.47. The van der Waals surface area contributed by atoms with Crippen LogP contribution in [0, 0.1) is 5.41 Å². The fourth-order valence-electron chi connectivity index (χ4n) is 1.59. The lowest BCUT2D eigenvalue weighted by molar-refractivity contribution is 0.0343. The van der Waals surface area contributed by atoms with Gasteiger partial charge in [-0.3, -0.25) is 0 Å². The van der Waals surface area contributed by atoms with Gasteiger partial charge in [-0.05, 0) is 17.6 Å². The van der Waals surface area contributed by atoms with Gasteiger partial charge in [0.15, 0.2) is 0 Å². The summed E-state index contributed by atoms with van der Waals surface area (Å²) < 4.78 is 11.3. The van der Waals surface area contributed by atoms with Gasteiger partial charge < -0.3 is 15.0 Å². The Bertz CT molecular complexity index is 350. The standard InChI is InChI=1S/C11H16BNO2.ClH/c1-11(2)7-14-12(15-8-11)9-4-3-5-10(13)6-9;/h3-6H,7-8,13H2,1-2H3;1H. The van der Waals surface area contributed by atoms with Gasteiger partial charge in [0.05, 0.1) is 0 Å². The minimum Gasteiger partial charge on any atom is -0.407 e. The van der Waals surface area contributed by atoms with Crippen LogP contribution >= 0.6 is 12.4 Å². The topological polar surface area (TPSA) is 44.5 Å². The van der Waals surface area contributed by atoms with Gasteiger partial charge in [-0.2, -0.15) is 0 Å². The summed E-state index contributed by atoms with van der Waals surface area (Å²) in [5.74, 6) is 0. The number of halogens is 1. The molecule has 0 spiro atoms. The van der Waals surface area contributed by atoms with Gasteiger partial charge in [0.25, 0.3) is 0 Å². The molecule has 1 aliphatic rings. The number of hydrogen-bond acceptors (Lipinski definition) is 3. The summed E-state index contributed by atoms with van der Waals surface area (Å²) in [7, 11) is -0.262. The predicted octanol–water partition coefficient (Wildman–Crippen LogP) is 1.46. The van der Waals surface area contributed by atoms with Crippen LogP contribution in [0.2, 0.25) is 0 Å². The van der Waals surface area contributed by atoms with Crippen LogP contribution in [0.15, 0.2) is 24.3 Å². The summed E-state index contributed by atoms with van der Waals surface area (Å²) in [4.78, 5) is 0. The molecule has 1 fully saturated rings. The molecule has 0 atom stereocenters. The summed E-state index contributed by atoms with van der Waals surface area (Å²) in [6, 6.07) is 7.63. The molecule has 1 saturated heterocycles. The Morgan fingerprint density at radius 2 is 1.88 bits per heavy atom. The highest BCUT2D eigenvalue weighted by Gasteiger charge is 2.33. The van der Waals surface area contributed by atoms with Crippen molar-refractivity contribution in [2.75, 3.05) is 18.9 Å². The van der Waals surface area contributed by atoms with Crippen molar-refractivity contribution in [2.24, 2.45) is 5.41 Å².